The Morgan fingerprint density at radius 1 is 1.38 bits per heavy atom. The molecule has 136 valence electrons. The number of urea groups is 1. The lowest BCUT2D eigenvalue weighted by Crippen LogP contribution is -2.49. The van der Waals surface area contributed by atoms with Crippen LogP contribution in [0.25, 0.3) is 0 Å². The number of hydrogen-bond donors (Lipinski definition) is 3. The molecule has 0 spiro atoms. The number of nitrogens with one attached hydrogen (secondary N) is 2. The smallest absolute Gasteiger partial charge is 0.325 e. The van der Waals surface area contributed by atoms with Crippen molar-refractivity contribution in [1.82, 2.24) is 20.4 Å². The molecule has 2 rings (SSSR count). The number of likely N-dealkylation sites (tertiary alicyclic amines) is 1. The summed E-state index contributed by atoms with van der Waals surface area (Å²) >= 11 is 0. The molecule has 2 saturated heterocycles. The molecule has 0 aromatic carbocycles. The highest BCUT2D eigenvalue weighted by Gasteiger charge is 2.46. The van der Waals surface area contributed by atoms with E-state index >= 15 is 0 Å². The van der Waals surface area contributed by atoms with Crippen LogP contribution in [0.4, 0.5) is 4.79 Å². The van der Waals surface area contributed by atoms with E-state index in [2.05, 4.69) is 15.5 Å². The molecule has 0 aromatic rings. The summed E-state index contributed by atoms with van der Waals surface area (Å²) in [6.07, 6.45) is 4.12. The van der Waals surface area contributed by atoms with Crippen molar-refractivity contribution < 1.29 is 19.5 Å². The summed E-state index contributed by atoms with van der Waals surface area (Å²) in [7, 11) is 0. The second-order valence-corrected chi connectivity index (χ2v) is 6.98. The van der Waals surface area contributed by atoms with E-state index in [4.69, 9.17) is 0 Å². The van der Waals surface area contributed by atoms with Gasteiger partial charge in [0.15, 0.2) is 0 Å². The van der Waals surface area contributed by atoms with Crippen molar-refractivity contribution in [1.29, 1.82) is 0 Å². The predicted octanol–water partition coefficient (Wildman–Crippen LogP) is -0.330. The van der Waals surface area contributed by atoms with E-state index < -0.39 is 11.6 Å². The SMILES string of the molecule is CC1(C)C(=O)NC(=O)N1CC(=O)NCCCN1CCCC[C@H]1CO. The van der Waals surface area contributed by atoms with Gasteiger partial charge < -0.3 is 15.3 Å². The molecular formula is C16H28N4O4. The molecule has 4 amide bonds. The molecule has 0 bridgehead atoms. The Morgan fingerprint density at radius 3 is 2.75 bits per heavy atom. The van der Waals surface area contributed by atoms with Crippen molar-refractivity contribution in [3.63, 3.8) is 0 Å². The van der Waals surface area contributed by atoms with Gasteiger partial charge in [0, 0.05) is 19.1 Å². The van der Waals surface area contributed by atoms with E-state index in [9.17, 15) is 19.5 Å². The molecular weight excluding hydrogens is 312 g/mol. The van der Waals surface area contributed by atoms with Gasteiger partial charge in [-0.1, -0.05) is 6.42 Å². The third kappa shape index (κ3) is 4.24. The average molecular weight is 340 g/mol. The highest BCUT2D eigenvalue weighted by atomic mass is 16.3. The first-order valence-electron chi connectivity index (χ1n) is 8.61. The second kappa shape index (κ2) is 7.94. The van der Waals surface area contributed by atoms with E-state index in [1.165, 1.54) is 4.90 Å². The molecule has 8 nitrogen and oxygen atoms in total. The molecule has 2 aliphatic heterocycles. The normalized spacial score (nSPS) is 24.1. The highest BCUT2D eigenvalue weighted by molar-refractivity contribution is 6.07. The van der Waals surface area contributed by atoms with Gasteiger partial charge in [0.25, 0.3) is 5.91 Å². The summed E-state index contributed by atoms with van der Waals surface area (Å²) in [4.78, 5) is 38.9. The molecule has 2 heterocycles. The van der Waals surface area contributed by atoms with Crippen molar-refractivity contribution in [3.8, 4) is 0 Å². The summed E-state index contributed by atoms with van der Waals surface area (Å²) in [6.45, 7) is 5.62. The predicted molar refractivity (Wildman–Crippen MR) is 88.2 cm³/mol. The zero-order valence-corrected chi connectivity index (χ0v) is 14.5. The van der Waals surface area contributed by atoms with Crippen molar-refractivity contribution in [2.75, 3.05) is 32.8 Å². The minimum absolute atomic E-state index is 0.131. The average Bonchev–Trinajstić information content (AvgIpc) is 2.74. The molecule has 2 aliphatic rings. The Kier molecular flexibility index (Phi) is 6.17. The van der Waals surface area contributed by atoms with Gasteiger partial charge in [0.2, 0.25) is 5.91 Å². The van der Waals surface area contributed by atoms with E-state index in [1.807, 2.05) is 0 Å². The van der Waals surface area contributed by atoms with Crippen molar-refractivity contribution in [3.05, 3.63) is 0 Å². The lowest BCUT2D eigenvalue weighted by Gasteiger charge is -2.34. The standard InChI is InChI=1S/C16H28N4O4/c1-16(2)14(23)18-15(24)20(16)10-13(22)17-7-5-9-19-8-4-3-6-12(19)11-21/h12,21H,3-11H2,1-2H3,(H,17,22)(H,18,23,24)/t12-/m0/s1. The Hall–Kier alpha value is -1.67. The Balaban J connectivity index is 1.70. The fourth-order valence-electron chi connectivity index (χ4n) is 3.23. The van der Waals surface area contributed by atoms with E-state index in [1.54, 1.807) is 13.8 Å². The van der Waals surface area contributed by atoms with Crippen molar-refractivity contribution in [2.45, 2.75) is 51.1 Å². The second-order valence-electron chi connectivity index (χ2n) is 6.98. The molecule has 3 N–H and O–H groups in total. The van der Waals surface area contributed by atoms with Gasteiger partial charge in [-0.05, 0) is 39.7 Å². The maximum atomic E-state index is 12.0. The largest absolute Gasteiger partial charge is 0.395 e. The number of carbonyl (C=O) groups excluding carboxylic acids is 3. The summed E-state index contributed by atoms with van der Waals surface area (Å²) in [5, 5.41) is 14.4. The summed E-state index contributed by atoms with van der Waals surface area (Å²) in [6, 6.07) is -0.297. The van der Waals surface area contributed by atoms with Crippen LogP contribution >= 0.6 is 0 Å². The maximum absolute atomic E-state index is 12.0. The van der Waals surface area contributed by atoms with E-state index in [0.29, 0.717) is 6.54 Å². The van der Waals surface area contributed by atoms with Gasteiger partial charge in [0.05, 0.1) is 6.61 Å². The molecule has 1 atom stereocenters. The number of nitrogens with zero attached hydrogens (tertiary/aromatic N) is 2. The number of hydrogen-bond acceptors (Lipinski definition) is 5. The zero-order valence-electron chi connectivity index (χ0n) is 14.5. The number of amides is 4. The molecule has 8 heteroatoms. The fourth-order valence-corrected chi connectivity index (χ4v) is 3.23. The maximum Gasteiger partial charge on any atom is 0.325 e. The number of aliphatic hydroxyl groups excluding tert-OH is 1. The lowest BCUT2D eigenvalue weighted by molar-refractivity contribution is -0.127. The van der Waals surface area contributed by atoms with Crippen LogP contribution in [-0.2, 0) is 9.59 Å². The number of piperidine rings is 1. The number of rotatable bonds is 7. The van der Waals surface area contributed by atoms with E-state index in [-0.39, 0.29) is 31.0 Å². The molecule has 24 heavy (non-hydrogen) atoms. The number of imide groups is 1. The topological polar surface area (TPSA) is 102 Å². The third-order valence-electron chi connectivity index (χ3n) is 4.90. The molecule has 0 aromatic heterocycles. The minimum atomic E-state index is -1.00. The van der Waals surface area contributed by atoms with Crippen LogP contribution in [0.2, 0.25) is 0 Å². The molecule has 2 fully saturated rings. The van der Waals surface area contributed by atoms with Crippen LogP contribution < -0.4 is 10.6 Å². The van der Waals surface area contributed by atoms with Crippen molar-refractivity contribution in [2.24, 2.45) is 0 Å². The van der Waals surface area contributed by atoms with E-state index in [0.717, 1.165) is 38.8 Å². The van der Waals surface area contributed by atoms with Crippen LogP contribution in [0.15, 0.2) is 0 Å². The Labute approximate surface area is 142 Å². The highest BCUT2D eigenvalue weighted by Crippen LogP contribution is 2.20. The molecule has 0 saturated carbocycles. The van der Waals surface area contributed by atoms with Gasteiger partial charge in [0.1, 0.15) is 12.1 Å². The van der Waals surface area contributed by atoms with Gasteiger partial charge in [-0.25, -0.2) is 4.79 Å². The molecule has 0 aliphatic carbocycles. The monoisotopic (exact) mass is 340 g/mol. The number of carbonyl (C=O) groups is 3. The zero-order chi connectivity index (χ0) is 17.7. The first kappa shape index (κ1) is 18.7. The van der Waals surface area contributed by atoms with Crippen LogP contribution in [0.1, 0.15) is 39.5 Å². The van der Waals surface area contributed by atoms with Crippen LogP contribution in [-0.4, -0.2) is 77.1 Å². The Bertz CT molecular complexity index is 494. The first-order valence-corrected chi connectivity index (χ1v) is 8.61. The van der Waals surface area contributed by atoms with Crippen LogP contribution in [0, 0.1) is 0 Å². The lowest BCUT2D eigenvalue weighted by atomic mass is 10.0. The van der Waals surface area contributed by atoms with Crippen molar-refractivity contribution >= 4 is 17.8 Å². The van der Waals surface area contributed by atoms with Gasteiger partial charge >= 0.3 is 6.03 Å². The summed E-state index contributed by atoms with van der Waals surface area (Å²) in [5.74, 6) is -0.661. The quantitative estimate of drug-likeness (QED) is 0.435. The fraction of sp³-hybridized carbons (Fsp3) is 0.812. The van der Waals surface area contributed by atoms with Gasteiger partial charge in [-0.3, -0.25) is 19.8 Å². The summed E-state index contributed by atoms with van der Waals surface area (Å²) in [5.41, 5.74) is -1.00. The van der Waals surface area contributed by atoms with Gasteiger partial charge in [-0.2, -0.15) is 0 Å². The summed E-state index contributed by atoms with van der Waals surface area (Å²) < 4.78 is 0. The minimum Gasteiger partial charge on any atom is -0.395 e. The molecule has 0 radical (unpaired) electrons. The van der Waals surface area contributed by atoms with Crippen LogP contribution in [0.3, 0.4) is 0 Å². The van der Waals surface area contributed by atoms with Gasteiger partial charge in [-0.15, -0.1) is 0 Å². The Morgan fingerprint density at radius 2 is 2.12 bits per heavy atom. The van der Waals surface area contributed by atoms with Crippen LogP contribution in [0.5, 0.6) is 0 Å². The third-order valence-corrected chi connectivity index (χ3v) is 4.90. The number of aliphatic hydroxyl groups is 1. The first-order chi connectivity index (χ1) is 11.4. The molecule has 0 unspecified atom stereocenters.